The van der Waals surface area contributed by atoms with Crippen molar-refractivity contribution in [2.45, 2.75) is 53.5 Å². The second-order valence-corrected chi connectivity index (χ2v) is 6.41. The molecule has 0 radical (unpaired) electrons. The number of hydrogen-bond acceptors (Lipinski definition) is 2. The molecule has 5 nitrogen and oxygen atoms in total. The predicted octanol–water partition coefficient (Wildman–Crippen LogP) is 2.32. The maximum absolute atomic E-state index is 11.6. The molecule has 0 aliphatic heterocycles. The van der Waals surface area contributed by atoms with Gasteiger partial charge in [0.25, 0.3) is 0 Å². The molecule has 0 bridgehead atoms. The fraction of sp³-hybridized carbons (Fsp3) is 0.579. The van der Waals surface area contributed by atoms with E-state index in [4.69, 9.17) is 0 Å². The molecule has 1 aromatic rings. The number of nitrogens with zero attached hydrogens (tertiary/aromatic N) is 1. The molecular formula is C19H32N4O. The minimum Gasteiger partial charge on any atom is -0.357 e. The van der Waals surface area contributed by atoms with Crippen LogP contribution in [0.2, 0.25) is 0 Å². The number of benzene rings is 1. The second kappa shape index (κ2) is 10.7. The number of rotatable bonds is 8. The second-order valence-electron chi connectivity index (χ2n) is 6.41. The topological polar surface area (TPSA) is 65.5 Å². The first-order valence-electron chi connectivity index (χ1n) is 8.79. The Labute approximate surface area is 146 Å². The lowest BCUT2D eigenvalue weighted by molar-refractivity contribution is -0.121. The molecule has 24 heavy (non-hydrogen) atoms. The maximum Gasteiger partial charge on any atom is 0.222 e. The highest BCUT2D eigenvalue weighted by Crippen LogP contribution is 2.08. The number of aryl methyl sites for hydroxylation is 2. The number of hydrogen-bond donors (Lipinski definition) is 3. The first kappa shape index (κ1) is 20.0. The molecular weight excluding hydrogens is 300 g/mol. The summed E-state index contributed by atoms with van der Waals surface area (Å²) in [5.74, 6) is 0.805. The Balaban J connectivity index is 2.44. The first-order chi connectivity index (χ1) is 11.4. The van der Waals surface area contributed by atoms with E-state index in [0.717, 1.165) is 25.5 Å². The van der Waals surface area contributed by atoms with E-state index in [1.54, 1.807) is 0 Å². The van der Waals surface area contributed by atoms with Crippen LogP contribution in [0.3, 0.4) is 0 Å². The lowest BCUT2D eigenvalue weighted by Crippen LogP contribution is -2.38. The first-order valence-corrected chi connectivity index (χ1v) is 8.79. The van der Waals surface area contributed by atoms with Gasteiger partial charge >= 0.3 is 0 Å². The highest BCUT2D eigenvalue weighted by Gasteiger charge is 2.03. The van der Waals surface area contributed by atoms with Crippen LogP contribution >= 0.6 is 0 Å². The summed E-state index contributed by atoms with van der Waals surface area (Å²) >= 11 is 0. The monoisotopic (exact) mass is 332 g/mol. The van der Waals surface area contributed by atoms with Gasteiger partial charge in [0.05, 0.1) is 6.54 Å². The van der Waals surface area contributed by atoms with Crippen LogP contribution in [0.4, 0.5) is 0 Å². The molecule has 0 fully saturated rings. The Bertz CT molecular complexity index is 532. The Hall–Kier alpha value is -2.04. The predicted molar refractivity (Wildman–Crippen MR) is 101 cm³/mol. The lowest BCUT2D eigenvalue weighted by Gasteiger charge is -2.12. The van der Waals surface area contributed by atoms with Gasteiger partial charge in [-0.3, -0.25) is 9.79 Å². The van der Waals surface area contributed by atoms with Crippen molar-refractivity contribution in [1.82, 2.24) is 16.0 Å². The molecule has 0 atom stereocenters. The summed E-state index contributed by atoms with van der Waals surface area (Å²) in [7, 11) is 0. The van der Waals surface area contributed by atoms with Crippen molar-refractivity contribution in [3.63, 3.8) is 0 Å². The molecule has 1 amide bonds. The summed E-state index contributed by atoms with van der Waals surface area (Å²) < 4.78 is 0. The quantitative estimate of drug-likeness (QED) is 0.506. The van der Waals surface area contributed by atoms with Crippen molar-refractivity contribution in [2.75, 3.05) is 19.6 Å². The van der Waals surface area contributed by atoms with Crippen molar-refractivity contribution < 1.29 is 4.79 Å². The van der Waals surface area contributed by atoms with Crippen molar-refractivity contribution in [3.05, 3.63) is 34.9 Å². The van der Waals surface area contributed by atoms with Gasteiger partial charge in [0.1, 0.15) is 0 Å². The lowest BCUT2D eigenvalue weighted by atomic mass is 10.1. The van der Waals surface area contributed by atoms with Crippen LogP contribution in [-0.4, -0.2) is 37.5 Å². The van der Waals surface area contributed by atoms with Gasteiger partial charge in [-0.25, -0.2) is 0 Å². The fourth-order valence-corrected chi connectivity index (χ4v) is 2.54. The van der Waals surface area contributed by atoms with Crippen LogP contribution < -0.4 is 16.0 Å². The third-order valence-electron chi connectivity index (χ3n) is 3.39. The number of guanidine groups is 1. The molecule has 0 aliphatic rings. The number of nitrogens with one attached hydrogen (secondary N) is 3. The fourth-order valence-electron chi connectivity index (χ4n) is 2.54. The summed E-state index contributed by atoms with van der Waals surface area (Å²) in [5.41, 5.74) is 3.91. The number of amides is 1. The molecule has 3 N–H and O–H groups in total. The molecule has 0 aromatic heterocycles. The Kier molecular flexibility index (Phi) is 8.90. The Morgan fingerprint density at radius 3 is 2.38 bits per heavy atom. The standard InChI is InChI=1S/C19H32N4O/c1-6-20-19(22-10-8-18(24)23-14(2)3)21-9-7-17-12-15(4)11-16(5)13-17/h11-14H,6-10H2,1-5H3,(H,23,24)(H2,20,21,22). The van der Waals surface area contributed by atoms with Crippen molar-refractivity contribution >= 4 is 11.9 Å². The van der Waals surface area contributed by atoms with E-state index in [1.807, 2.05) is 20.8 Å². The number of carbonyl (C=O) groups is 1. The smallest absolute Gasteiger partial charge is 0.222 e. The third-order valence-corrected chi connectivity index (χ3v) is 3.39. The van der Waals surface area contributed by atoms with E-state index < -0.39 is 0 Å². The van der Waals surface area contributed by atoms with Crippen LogP contribution in [-0.2, 0) is 11.2 Å². The van der Waals surface area contributed by atoms with Crippen LogP contribution in [0.15, 0.2) is 23.2 Å². The third kappa shape index (κ3) is 8.56. The van der Waals surface area contributed by atoms with E-state index in [9.17, 15) is 4.79 Å². The molecule has 134 valence electrons. The summed E-state index contributed by atoms with van der Waals surface area (Å²) in [6, 6.07) is 6.79. The highest BCUT2D eigenvalue weighted by molar-refractivity contribution is 5.80. The van der Waals surface area contributed by atoms with Crippen molar-refractivity contribution in [3.8, 4) is 0 Å². The molecule has 1 rings (SSSR count). The van der Waals surface area contributed by atoms with Crippen LogP contribution in [0.1, 0.15) is 43.9 Å². The largest absolute Gasteiger partial charge is 0.357 e. The van der Waals surface area contributed by atoms with Gasteiger partial charge in [-0.2, -0.15) is 0 Å². The molecule has 0 saturated carbocycles. The zero-order valence-corrected chi connectivity index (χ0v) is 15.7. The SMILES string of the molecule is CCNC(=NCCC(=O)NC(C)C)NCCc1cc(C)cc(C)c1. The van der Waals surface area contributed by atoms with Gasteiger partial charge < -0.3 is 16.0 Å². The molecule has 0 aliphatic carbocycles. The molecule has 0 saturated heterocycles. The summed E-state index contributed by atoms with van der Waals surface area (Å²) in [6.07, 6.45) is 1.35. The zero-order valence-electron chi connectivity index (χ0n) is 15.7. The Morgan fingerprint density at radius 2 is 1.79 bits per heavy atom. The summed E-state index contributed by atoms with van der Waals surface area (Å²) in [5, 5.41) is 9.42. The summed E-state index contributed by atoms with van der Waals surface area (Å²) in [4.78, 5) is 16.1. The van der Waals surface area contributed by atoms with Gasteiger partial charge in [-0.15, -0.1) is 0 Å². The van der Waals surface area contributed by atoms with Crippen LogP contribution in [0.25, 0.3) is 0 Å². The molecule has 0 spiro atoms. The Morgan fingerprint density at radius 1 is 1.12 bits per heavy atom. The van der Waals surface area contributed by atoms with Gasteiger partial charge in [0.2, 0.25) is 5.91 Å². The highest BCUT2D eigenvalue weighted by atomic mass is 16.1. The van der Waals surface area contributed by atoms with Crippen LogP contribution in [0.5, 0.6) is 0 Å². The minimum atomic E-state index is 0.0415. The van der Waals surface area contributed by atoms with E-state index in [0.29, 0.717) is 13.0 Å². The van der Waals surface area contributed by atoms with Crippen molar-refractivity contribution in [1.29, 1.82) is 0 Å². The van der Waals surface area contributed by atoms with Crippen molar-refractivity contribution in [2.24, 2.45) is 4.99 Å². The van der Waals surface area contributed by atoms with E-state index >= 15 is 0 Å². The van der Waals surface area contributed by atoms with E-state index in [2.05, 4.69) is 53.0 Å². The normalized spacial score (nSPS) is 11.5. The molecule has 0 heterocycles. The van der Waals surface area contributed by atoms with Gasteiger partial charge in [-0.1, -0.05) is 29.3 Å². The zero-order chi connectivity index (χ0) is 17.9. The van der Waals surface area contributed by atoms with E-state index in [-0.39, 0.29) is 11.9 Å². The van der Waals surface area contributed by atoms with E-state index in [1.165, 1.54) is 16.7 Å². The van der Waals surface area contributed by atoms with Crippen LogP contribution in [0, 0.1) is 13.8 Å². The van der Waals surface area contributed by atoms with Gasteiger partial charge in [0, 0.05) is 25.6 Å². The maximum atomic E-state index is 11.6. The average molecular weight is 332 g/mol. The molecule has 1 aromatic carbocycles. The van der Waals surface area contributed by atoms with Gasteiger partial charge in [0.15, 0.2) is 5.96 Å². The number of aliphatic imine (C=N–C) groups is 1. The molecule has 0 unspecified atom stereocenters. The molecule has 5 heteroatoms. The number of carbonyl (C=O) groups excluding carboxylic acids is 1. The van der Waals surface area contributed by atoms with Gasteiger partial charge in [-0.05, 0) is 46.6 Å². The minimum absolute atomic E-state index is 0.0415. The summed E-state index contributed by atoms with van der Waals surface area (Å²) in [6.45, 7) is 12.3. The average Bonchev–Trinajstić information content (AvgIpc) is 2.45.